The molecule has 2 N–H and O–H groups in total. The van der Waals surface area contributed by atoms with Crippen LogP contribution in [0.4, 0.5) is 0 Å². The number of nitrogens with one attached hydrogen (secondary N) is 2. The van der Waals surface area contributed by atoms with Crippen LogP contribution in [0.2, 0.25) is 0 Å². The number of hydrogen-bond donors (Lipinski definition) is 2. The molecule has 0 aliphatic carbocycles. The number of aryl methyl sites for hydroxylation is 2. The molecule has 0 atom stereocenters. The fourth-order valence-electron chi connectivity index (χ4n) is 1.69. The molecule has 0 saturated heterocycles. The standard InChI is InChI=1S/C13H20N6OS/c1-4-14-13(17-8-12-16-7-9(2)21-12)15-6-5-11-18-10(3)19-20-11/h7H,4-6,8H2,1-3H3,(H2,14,15,17). The molecule has 0 saturated carbocycles. The lowest BCUT2D eigenvalue weighted by molar-refractivity contribution is 0.374. The summed E-state index contributed by atoms with van der Waals surface area (Å²) in [6.45, 7) is 7.95. The van der Waals surface area contributed by atoms with Crippen LogP contribution in [0.25, 0.3) is 0 Å². The summed E-state index contributed by atoms with van der Waals surface area (Å²) in [5, 5.41) is 11.2. The van der Waals surface area contributed by atoms with Crippen molar-refractivity contribution in [3.8, 4) is 0 Å². The van der Waals surface area contributed by atoms with E-state index in [-0.39, 0.29) is 0 Å². The number of aliphatic imine (C=N–C) groups is 1. The molecular weight excluding hydrogens is 288 g/mol. The quantitative estimate of drug-likeness (QED) is 0.620. The molecule has 0 amide bonds. The van der Waals surface area contributed by atoms with Crippen molar-refractivity contribution in [2.24, 2.45) is 4.99 Å². The van der Waals surface area contributed by atoms with Gasteiger partial charge in [0.25, 0.3) is 0 Å². The first-order valence-electron chi connectivity index (χ1n) is 6.90. The number of nitrogens with zero attached hydrogens (tertiary/aromatic N) is 4. The van der Waals surface area contributed by atoms with Gasteiger partial charge < -0.3 is 15.2 Å². The van der Waals surface area contributed by atoms with Crippen molar-refractivity contribution in [1.82, 2.24) is 25.8 Å². The Hall–Kier alpha value is -1.96. The Kier molecular flexibility index (Phi) is 5.68. The fraction of sp³-hybridized carbons (Fsp3) is 0.538. The van der Waals surface area contributed by atoms with Crippen LogP contribution in [0, 0.1) is 13.8 Å². The Bertz CT molecular complexity index is 591. The van der Waals surface area contributed by atoms with Crippen molar-refractivity contribution in [2.75, 3.05) is 13.1 Å². The molecule has 0 bridgehead atoms. The Balaban J connectivity index is 1.83. The van der Waals surface area contributed by atoms with Gasteiger partial charge in [-0.25, -0.2) is 9.98 Å². The van der Waals surface area contributed by atoms with Gasteiger partial charge in [0, 0.05) is 30.6 Å². The molecule has 0 radical (unpaired) electrons. The molecule has 2 heterocycles. The summed E-state index contributed by atoms with van der Waals surface area (Å²) in [5.74, 6) is 2.05. The van der Waals surface area contributed by atoms with Crippen LogP contribution in [-0.4, -0.2) is 34.2 Å². The third kappa shape index (κ3) is 5.14. The summed E-state index contributed by atoms with van der Waals surface area (Å²) in [5.41, 5.74) is 0. The molecule has 7 nitrogen and oxygen atoms in total. The van der Waals surface area contributed by atoms with Gasteiger partial charge in [-0.05, 0) is 20.8 Å². The first-order valence-corrected chi connectivity index (χ1v) is 7.71. The molecule has 0 unspecified atom stereocenters. The van der Waals surface area contributed by atoms with Gasteiger partial charge in [0.05, 0.1) is 6.54 Å². The molecule has 0 aliphatic rings. The highest BCUT2D eigenvalue weighted by Crippen LogP contribution is 2.11. The third-order valence-electron chi connectivity index (χ3n) is 2.59. The van der Waals surface area contributed by atoms with Crippen LogP contribution in [0.1, 0.15) is 28.5 Å². The Morgan fingerprint density at radius 3 is 2.86 bits per heavy atom. The molecule has 0 aliphatic heterocycles. The van der Waals surface area contributed by atoms with E-state index in [1.807, 2.05) is 27.0 Å². The van der Waals surface area contributed by atoms with Crippen molar-refractivity contribution < 1.29 is 4.52 Å². The zero-order valence-electron chi connectivity index (χ0n) is 12.5. The normalized spacial score (nSPS) is 11.7. The molecule has 2 aromatic heterocycles. The van der Waals surface area contributed by atoms with Crippen LogP contribution in [0.15, 0.2) is 15.7 Å². The van der Waals surface area contributed by atoms with Gasteiger partial charge in [0.2, 0.25) is 5.89 Å². The highest BCUT2D eigenvalue weighted by atomic mass is 32.1. The van der Waals surface area contributed by atoms with Gasteiger partial charge in [-0.15, -0.1) is 11.3 Å². The highest BCUT2D eigenvalue weighted by Gasteiger charge is 2.04. The van der Waals surface area contributed by atoms with Crippen molar-refractivity contribution in [3.63, 3.8) is 0 Å². The number of guanidine groups is 1. The first-order chi connectivity index (χ1) is 10.2. The van der Waals surface area contributed by atoms with Crippen molar-refractivity contribution in [1.29, 1.82) is 0 Å². The van der Waals surface area contributed by atoms with E-state index in [1.165, 1.54) is 4.88 Å². The maximum Gasteiger partial charge on any atom is 0.228 e. The lowest BCUT2D eigenvalue weighted by Crippen LogP contribution is -2.38. The SMILES string of the molecule is CCNC(=NCc1ncc(C)s1)NCCc1nc(C)no1. The van der Waals surface area contributed by atoms with Crippen LogP contribution < -0.4 is 10.6 Å². The second-order valence-corrected chi connectivity index (χ2v) is 5.79. The highest BCUT2D eigenvalue weighted by molar-refractivity contribution is 7.11. The minimum Gasteiger partial charge on any atom is -0.357 e. The zero-order valence-corrected chi connectivity index (χ0v) is 13.3. The van der Waals surface area contributed by atoms with E-state index in [1.54, 1.807) is 11.3 Å². The molecule has 0 fully saturated rings. The Morgan fingerprint density at radius 2 is 2.24 bits per heavy atom. The molecule has 2 aromatic rings. The van der Waals surface area contributed by atoms with E-state index < -0.39 is 0 Å². The maximum absolute atomic E-state index is 5.07. The van der Waals surface area contributed by atoms with Crippen LogP contribution in [0.5, 0.6) is 0 Å². The monoisotopic (exact) mass is 308 g/mol. The van der Waals surface area contributed by atoms with Gasteiger partial charge in [-0.3, -0.25) is 0 Å². The van der Waals surface area contributed by atoms with Gasteiger partial charge in [0.1, 0.15) is 5.01 Å². The van der Waals surface area contributed by atoms with E-state index in [4.69, 9.17) is 4.52 Å². The van der Waals surface area contributed by atoms with Crippen LogP contribution in [0.3, 0.4) is 0 Å². The second-order valence-electron chi connectivity index (χ2n) is 4.47. The van der Waals surface area contributed by atoms with Crippen LogP contribution in [-0.2, 0) is 13.0 Å². The minimum absolute atomic E-state index is 0.577. The lowest BCUT2D eigenvalue weighted by atomic mass is 10.4. The summed E-state index contributed by atoms with van der Waals surface area (Å²) in [7, 11) is 0. The molecule has 114 valence electrons. The first kappa shape index (κ1) is 15.4. The van der Waals surface area contributed by atoms with Gasteiger partial charge in [0.15, 0.2) is 11.8 Å². The van der Waals surface area contributed by atoms with E-state index in [9.17, 15) is 0 Å². The third-order valence-corrected chi connectivity index (χ3v) is 3.48. The van der Waals surface area contributed by atoms with Gasteiger partial charge in [-0.1, -0.05) is 5.16 Å². The predicted molar refractivity (Wildman–Crippen MR) is 82.4 cm³/mol. The van der Waals surface area contributed by atoms with Crippen LogP contribution >= 0.6 is 11.3 Å². The predicted octanol–water partition coefficient (Wildman–Crippen LogP) is 1.44. The summed E-state index contributed by atoms with van der Waals surface area (Å²) < 4.78 is 5.07. The van der Waals surface area contributed by atoms with Gasteiger partial charge in [-0.2, -0.15) is 4.98 Å². The van der Waals surface area contributed by atoms with E-state index >= 15 is 0 Å². The average molecular weight is 308 g/mol. The number of aromatic nitrogens is 3. The fourth-order valence-corrected chi connectivity index (χ4v) is 2.40. The molecular formula is C13H20N6OS. The lowest BCUT2D eigenvalue weighted by Gasteiger charge is -2.09. The smallest absolute Gasteiger partial charge is 0.228 e. The summed E-state index contributed by atoms with van der Waals surface area (Å²) in [6, 6.07) is 0. The van der Waals surface area contributed by atoms with Crippen molar-refractivity contribution in [3.05, 3.63) is 27.8 Å². The summed E-state index contributed by atoms with van der Waals surface area (Å²) in [6.07, 6.45) is 2.54. The van der Waals surface area contributed by atoms with E-state index in [0.29, 0.717) is 31.2 Å². The number of hydrogen-bond acceptors (Lipinski definition) is 6. The molecule has 0 spiro atoms. The molecule has 8 heteroatoms. The molecule has 21 heavy (non-hydrogen) atoms. The number of rotatable bonds is 6. The minimum atomic E-state index is 0.577. The Morgan fingerprint density at radius 1 is 1.38 bits per heavy atom. The van der Waals surface area contributed by atoms with E-state index in [2.05, 4.69) is 30.8 Å². The van der Waals surface area contributed by atoms with Crippen molar-refractivity contribution in [2.45, 2.75) is 33.7 Å². The van der Waals surface area contributed by atoms with Gasteiger partial charge >= 0.3 is 0 Å². The van der Waals surface area contributed by atoms with Crippen molar-refractivity contribution >= 4 is 17.3 Å². The summed E-state index contributed by atoms with van der Waals surface area (Å²) >= 11 is 1.66. The van der Waals surface area contributed by atoms with E-state index in [0.717, 1.165) is 17.5 Å². The molecule has 2 rings (SSSR count). The topological polar surface area (TPSA) is 88.2 Å². The maximum atomic E-state index is 5.07. The zero-order chi connectivity index (χ0) is 15.1. The largest absolute Gasteiger partial charge is 0.357 e. The second kappa shape index (κ2) is 7.72. The molecule has 0 aromatic carbocycles. The average Bonchev–Trinajstić information content (AvgIpc) is 3.05. The summed E-state index contributed by atoms with van der Waals surface area (Å²) in [4.78, 5) is 14.2. The Labute approximate surface area is 127 Å². The number of thiazole rings is 1.